The minimum atomic E-state index is -0.198. The Hall–Kier alpha value is -2.16. The van der Waals surface area contributed by atoms with E-state index in [9.17, 15) is 4.79 Å². The maximum Gasteiger partial charge on any atom is 0.292 e. The Balaban J connectivity index is 2.02. The van der Waals surface area contributed by atoms with Gasteiger partial charge in [-0.05, 0) is 42.8 Å². The van der Waals surface area contributed by atoms with Crippen molar-refractivity contribution in [1.29, 1.82) is 0 Å². The molecule has 3 heterocycles. The molecule has 8 heteroatoms. The Morgan fingerprint density at radius 1 is 1.28 bits per heavy atom. The van der Waals surface area contributed by atoms with Gasteiger partial charge in [-0.1, -0.05) is 21.1 Å². The average molecular weight is 417 g/mol. The number of halogens is 1. The summed E-state index contributed by atoms with van der Waals surface area (Å²) in [6, 6.07) is 9.32. The molecule has 0 unspecified atom stereocenters. The van der Waals surface area contributed by atoms with E-state index in [4.69, 9.17) is 4.74 Å². The fraction of sp³-hybridized carbons (Fsp3) is 0.176. The first kappa shape index (κ1) is 16.3. The maximum absolute atomic E-state index is 12.9. The molecule has 0 fully saturated rings. The topological polar surface area (TPSA) is 69.9 Å². The van der Waals surface area contributed by atoms with Crippen LogP contribution < -0.4 is 5.56 Å². The first-order valence-corrected chi connectivity index (χ1v) is 9.13. The second-order valence-corrected chi connectivity index (χ2v) is 7.51. The van der Waals surface area contributed by atoms with E-state index in [1.54, 1.807) is 7.11 Å². The number of aryl methyl sites for hydroxylation is 1. The van der Waals surface area contributed by atoms with E-state index in [0.29, 0.717) is 22.5 Å². The zero-order chi connectivity index (χ0) is 17.6. The van der Waals surface area contributed by atoms with Gasteiger partial charge in [0.05, 0.1) is 12.3 Å². The average Bonchev–Trinajstić information content (AvgIpc) is 2.96. The molecule has 0 aliphatic rings. The molecule has 6 nitrogen and oxygen atoms in total. The van der Waals surface area contributed by atoms with Crippen LogP contribution in [0.15, 0.2) is 39.6 Å². The summed E-state index contributed by atoms with van der Waals surface area (Å²) in [4.78, 5) is 18.3. The van der Waals surface area contributed by atoms with Gasteiger partial charge in [0.25, 0.3) is 5.56 Å². The van der Waals surface area contributed by atoms with Gasteiger partial charge in [-0.3, -0.25) is 4.79 Å². The Kier molecular flexibility index (Phi) is 4.10. The zero-order valence-electron chi connectivity index (χ0n) is 13.5. The van der Waals surface area contributed by atoms with Crippen LogP contribution in [0, 0.1) is 6.92 Å². The number of ether oxygens (including phenoxy) is 1. The molecule has 0 saturated heterocycles. The molecule has 0 aliphatic carbocycles. The predicted octanol–water partition coefficient (Wildman–Crippen LogP) is 3.61. The molecule has 0 N–H and O–H groups in total. The molecule has 0 bridgehead atoms. The number of benzene rings is 1. The summed E-state index contributed by atoms with van der Waals surface area (Å²) in [6.07, 6.45) is 0. The van der Waals surface area contributed by atoms with Crippen molar-refractivity contribution in [3.63, 3.8) is 0 Å². The van der Waals surface area contributed by atoms with Gasteiger partial charge in [-0.15, -0.1) is 16.4 Å². The van der Waals surface area contributed by atoms with Gasteiger partial charge in [0.1, 0.15) is 15.0 Å². The standard InChI is InChI=1S/C17H13BrN4O2S/c1-9-7-10(8-24-2)13-14-15(25-16(13)19-9)17(23)22(21-20-14)12-5-3-11(18)4-6-12/h3-7H,8H2,1-2H3. The summed E-state index contributed by atoms with van der Waals surface area (Å²) in [7, 11) is 1.64. The molecule has 0 spiro atoms. The smallest absolute Gasteiger partial charge is 0.292 e. The van der Waals surface area contributed by atoms with E-state index in [0.717, 1.165) is 25.9 Å². The summed E-state index contributed by atoms with van der Waals surface area (Å²) in [6.45, 7) is 2.36. The quantitative estimate of drug-likeness (QED) is 0.510. The van der Waals surface area contributed by atoms with E-state index < -0.39 is 0 Å². The Bertz CT molecular complexity index is 1150. The summed E-state index contributed by atoms with van der Waals surface area (Å²) in [5, 5.41) is 9.29. The van der Waals surface area contributed by atoms with Gasteiger partial charge in [0, 0.05) is 22.7 Å². The molecular weight excluding hydrogens is 404 g/mol. The van der Waals surface area contributed by atoms with Crippen molar-refractivity contribution in [1.82, 2.24) is 20.0 Å². The summed E-state index contributed by atoms with van der Waals surface area (Å²) >= 11 is 4.73. The number of pyridine rings is 1. The number of fused-ring (bicyclic) bond motifs is 3. The van der Waals surface area contributed by atoms with Gasteiger partial charge in [0.2, 0.25) is 0 Å². The molecule has 126 valence electrons. The second-order valence-electron chi connectivity index (χ2n) is 5.60. The van der Waals surface area contributed by atoms with Crippen molar-refractivity contribution < 1.29 is 4.74 Å². The molecule has 4 rings (SSSR count). The third kappa shape index (κ3) is 2.76. The van der Waals surface area contributed by atoms with Gasteiger partial charge in [0.15, 0.2) is 0 Å². The van der Waals surface area contributed by atoms with Gasteiger partial charge in [-0.2, -0.15) is 4.68 Å². The number of methoxy groups -OCH3 is 1. The van der Waals surface area contributed by atoms with Crippen molar-refractivity contribution in [2.24, 2.45) is 0 Å². The Labute approximate surface area is 155 Å². The fourth-order valence-corrected chi connectivity index (χ4v) is 4.17. The number of nitrogens with zero attached hydrogens (tertiary/aromatic N) is 4. The predicted molar refractivity (Wildman–Crippen MR) is 101 cm³/mol. The van der Waals surface area contributed by atoms with Crippen LogP contribution in [-0.4, -0.2) is 27.1 Å². The van der Waals surface area contributed by atoms with Crippen molar-refractivity contribution in [2.75, 3.05) is 7.11 Å². The molecule has 25 heavy (non-hydrogen) atoms. The summed E-state index contributed by atoms with van der Waals surface area (Å²) in [5.41, 5.74) is 2.90. The highest BCUT2D eigenvalue weighted by Crippen LogP contribution is 2.32. The van der Waals surface area contributed by atoms with Crippen LogP contribution in [0.2, 0.25) is 0 Å². The SMILES string of the molecule is COCc1cc(C)nc2sc3c(=O)n(-c4ccc(Br)cc4)nnc3c12. The Morgan fingerprint density at radius 2 is 2.04 bits per heavy atom. The lowest BCUT2D eigenvalue weighted by atomic mass is 10.1. The van der Waals surface area contributed by atoms with Crippen LogP contribution in [0.1, 0.15) is 11.3 Å². The minimum absolute atomic E-state index is 0.198. The number of aromatic nitrogens is 4. The monoisotopic (exact) mass is 416 g/mol. The normalized spacial score (nSPS) is 11.5. The van der Waals surface area contributed by atoms with E-state index >= 15 is 0 Å². The van der Waals surface area contributed by atoms with Crippen LogP contribution in [0.4, 0.5) is 0 Å². The van der Waals surface area contributed by atoms with E-state index in [-0.39, 0.29) is 5.56 Å². The first-order valence-electron chi connectivity index (χ1n) is 7.52. The third-order valence-corrected chi connectivity index (χ3v) is 5.43. The van der Waals surface area contributed by atoms with Crippen LogP contribution in [-0.2, 0) is 11.3 Å². The second kappa shape index (κ2) is 6.29. The highest BCUT2D eigenvalue weighted by atomic mass is 79.9. The number of hydrogen-bond acceptors (Lipinski definition) is 6. The third-order valence-electron chi connectivity index (χ3n) is 3.84. The zero-order valence-corrected chi connectivity index (χ0v) is 15.9. The van der Waals surface area contributed by atoms with Crippen LogP contribution >= 0.6 is 27.3 Å². The number of thiophene rings is 1. The summed E-state index contributed by atoms with van der Waals surface area (Å²) < 4.78 is 8.08. The first-order chi connectivity index (χ1) is 12.1. The molecule has 0 saturated carbocycles. The van der Waals surface area contributed by atoms with Crippen molar-refractivity contribution in [2.45, 2.75) is 13.5 Å². The molecule has 0 atom stereocenters. The van der Waals surface area contributed by atoms with Gasteiger partial charge >= 0.3 is 0 Å². The van der Waals surface area contributed by atoms with Crippen molar-refractivity contribution >= 4 is 47.7 Å². The number of rotatable bonds is 3. The molecule has 0 amide bonds. The number of hydrogen-bond donors (Lipinski definition) is 0. The highest BCUT2D eigenvalue weighted by Gasteiger charge is 2.17. The van der Waals surface area contributed by atoms with Gasteiger partial charge < -0.3 is 4.74 Å². The summed E-state index contributed by atoms with van der Waals surface area (Å²) in [5.74, 6) is 0. The Morgan fingerprint density at radius 3 is 2.76 bits per heavy atom. The molecule has 3 aromatic heterocycles. The van der Waals surface area contributed by atoms with Crippen LogP contribution in [0.25, 0.3) is 26.1 Å². The van der Waals surface area contributed by atoms with E-state index in [1.807, 2.05) is 37.3 Å². The molecule has 1 aromatic carbocycles. The lowest BCUT2D eigenvalue weighted by molar-refractivity contribution is 0.186. The van der Waals surface area contributed by atoms with Crippen LogP contribution in [0.3, 0.4) is 0 Å². The maximum atomic E-state index is 12.9. The van der Waals surface area contributed by atoms with Crippen molar-refractivity contribution in [3.05, 3.63) is 56.4 Å². The van der Waals surface area contributed by atoms with Gasteiger partial charge in [-0.25, -0.2) is 4.98 Å². The molecule has 4 aromatic rings. The molecule has 0 aliphatic heterocycles. The minimum Gasteiger partial charge on any atom is -0.380 e. The largest absolute Gasteiger partial charge is 0.380 e. The lowest BCUT2D eigenvalue weighted by Gasteiger charge is -2.04. The fourth-order valence-electron chi connectivity index (χ4n) is 2.78. The van der Waals surface area contributed by atoms with Crippen LogP contribution in [0.5, 0.6) is 0 Å². The molecule has 0 radical (unpaired) electrons. The highest BCUT2D eigenvalue weighted by molar-refractivity contribution is 9.10. The van der Waals surface area contributed by atoms with Crippen molar-refractivity contribution in [3.8, 4) is 5.69 Å². The lowest BCUT2D eigenvalue weighted by Crippen LogP contribution is -2.21. The van der Waals surface area contributed by atoms with E-state index in [1.165, 1.54) is 16.0 Å². The molecular formula is C17H13BrN4O2S. The van der Waals surface area contributed by atoms with E-state index in [2.05, 4.69) is 31.2 Å².